The van der Waals surface area contributed by atoms with Crippen LogP contribution in [-0.2, 0) is 10.2 Å². The van der Waals surface area contributed by atoms with Crippen LogP contribution in [-0.4, -0.2) is 56.4 Å². The van der Waals surface area contributed by atoms with Crippen LogP contribution in [0.5, 0.6) is 5.75 Å². The highest BCUT2D eigenvalue weighted by atomic mass is 16.5. The van der Waals surface area contributed by atoms with Crippen LogP contribution in [0.25, 0.3) is 0 Å². The first kappa shape index (κ1) is 19.1. The van der Waals surface area contributed by atoms with Crippen LogP contribution >= 0.6 is 0 Å². The van der Waals surface area contributed by atoms with Gasteiger partial charge in [0.1, 0.15) is 12.4 Å². The summed E-state index contributed by atoms with van der Waals surface area (Å²) in [6.07, 6.45) is 0. The highest BCUT2D eigenvalue weighted by Gasteiger charge is 2.55. The summed E-state index contributed by atoms with van der Waals surface area (Å²) in [5.41, 5.74) is 1.38. The van der Waals surface area contributed by atoms with Crippen molar-refractivity contribution in [3.63, 3.8) is 0 Å². The van der Waals surface area contributed by atoms with Gasteiger partial charge in [-0.25, -0.2) is 0 Å². The van der Waals surface area contributed by atoms with E-state index in [0.717, 1.165) is 5.56 Å². The minimum Gasteiger partial charge on any atom is -0.491 e. The number of carbonyl (C=O) groups excluding carboxylic acids is 2. The number of fused-ring (bicyclic) bond motifs is 2. The largest absolute Gasteiger partial charge is 0.491 e. The molecule has 1 saturated carbocycles. The van der Waals surface area contributed by atoms with E-state index in [2.05, 4.69) is 10.6 Å². The molecule has 0 spiro atoms. The van der Waals surface area contributed by atoms with Crippen molar-refractivity contribution >= 4 is 11.8 Å². The molecule has 2 aromatic carbocycles. The van der Waals surface area contributed by atoms with Gasteiger partial charge in [-0.2, -0.15) is 0 Å². The fourth-order valence-electron chi connectivity index (χ4n) is 4.75. The van der Waals surface area contributed by atoms with Crippen molar-refractivity contribution in [3.05, 3.63) is 64.7 Å². The highest BCUT2D eigenvalue weighted by molar-refractivity contribution is 6.02. The van der Waals surface area contributed by atoms with E-state index >= 15 is 0 Å². The van der Waals surface area contributed by atoms with Gasteiger partial charge in [-0.1, -0.05) is 30.3 Å². The molecule has 30 heavy (non-hydrogen) atoms. The predicted molar refractivity (Wildman–Crippen MR) is 109 cm³/mol. The molecule has 3 N–H and O–H groups in total. The summed E-state index contributed by atoms with van der Waals surface area (Å²) in [6.45, 7) is 1.35. The molecule has 0 aromatic heterocycles. The lowest BCUT2D eigenvalue weighted by atomic mass is 9.76. The summed E-state index contributed by atoms with van der Waals surface area (Å²) in [5.74, 6) is 0.617. The molecule has 7 heteroatoms. The van der Waals surface area contributed by atoms with Crippen molar-refractivity contribution in [1.82, 2.24) is 10.6 Å². The summed E-state index contributed by atoms with van der Waals surface area (Å²) in [4.78, 5) is 25.6. The molecular weight excluding hydrogens is 384 g/mol. The van der Waals surface area contributed by atoms with Gasteiger partial charge in [0, 0.05) is 36.1 Å². The standard InChI is InChI=1S/C23H24N2O5/c1-24-22(28)15-7-13(21(27)25-19-16-9-29-10-17(16)19)8-18-20(15)30-12-23(18,11-26)14-5-3-2-4-6-14/h2-8,16-17,19,26H,9-12H2,1H3,(H,24,28)(H,25,27)/t16-,17+,19?,23-/m1/s1. The highest BCUT2D eigenvalue weighted by Crippen LogP contribution is 2.47. The Labute approximate surface area is 174 Å². The molecule has 0 bridgehead atoms. The topological polar surface area (TPSA) is 96.9 Å². The van der Waals surface area contributed by atoms with Crippen LogP contribution in [0, 0.1) is 11.8 Å². The lowest BCUT2D eigenvalue weighted by molar-refractivity contribution is 0.0928. The Morgan fingerprint density at radius 2 is 1.87 bits per heavy atom. The van der Waals surface area contributed by atoms with Gasteiger partial charge in [-0.3, -0.25) is 9.59 Å². The quantitative estimate of drug-likeness (QED) is 0.688. The number of ether oxygens (including phenoxy) is 2. The first-order valence-electron chi connectivity index (χ1n) is 10.2. The molecular formula is C23H24N2O5. The molecule has 5 rings (SSSR count). The Kier molecular flexibility index (Phi) is 4.52. The van der Waals surface area contributed by atoms with Crippen molar-refractivity contribution in [2.75, 3.05) is 33.5 Å². The van der Waals surface area contributed by atoms with Crippen LogP contribution in [0.1, 0.15) is 31.8 Å². The van der Waals surface area contributed by atoms with Gasteiger partial charge in [0.25, 0.3) is 11.8 Å². The zero-order valence-electron chi connectivity index (χ0n) is 16.7. The minimum absolute atomic E-state index is 0.121. The first-order chi connectivity index (χ1) is 14.6. The van der Waals surface area contributed by atoms with E-state index in [1.165, 1.54) is 7.05 Å². The Bertz CT molecular complexity index is 998. The number of nitrogens with one attached hydrogen (secondary N) is 2. The number of hydrogen-bond donors (Lipinski definition) is 3. The Morgan fingerprint density at radius 3 is 2.53 bits per heavy atom. The van der Waals surface area contributed by atoms with E-state index in [-0.39, 0.29) is 31.1 Å². The Hall–Kier alpha value is -2.90. The Morgan fingerprint density at radius 1 is 1.13 bits per heavy atom. The SMILES string of the molecule is CNC(=O)c1cc(C(=O)NC2[C@H]3COC[C@@H]23)cc2c1OC[C@]2(CO)c1ccccc1. The maximum absolute atomic E-state index is 13.0. The Balaban J connectivity index is 1.57. The normalized spacial score (nSPS) is 28.3. The number of carbonyl (C=O) groups is 2. The number of benzene rings is 2. The van der Waals surface area contributed by atoms with Gasteiger partial charge < -0.3 is 25.2 Å². The fraction of sp³-hybridized carbons (Fsp3) is 0.391. The lowest BCUT2D eigenvalue weighted by Crippen LogP contribution is -2.34. The van der Waals surface area contributed by atoms with E-state index in [9.17, 15) is 14.7 Å². The number of aliphatic hydroxyl groups is 1. The maximum Gasteiger partial charge on any atom is 0.254 e. The molecule has 156 valence electrons. The number of rotatable bonds is 5. The molecule has 2 heterocycles. The third-order valence-electron chi connectivity index (χ3n) is 6.65. The third kappa shape index (κ3) is 2.80. The van der Waals surface area contributed by atoms with E-state index in [1.54, 1.807) is 12.1 Å². The van der Waals surface area contributed by atoms with E-state index in [0.29, 0.717) is 47.5 Å². The molecule has 1 unspecified atom stereocenters. The van der Waals surface area contributed by atoms with E-state index in [1.807, 2.05) is 30.3 Å². The second kappa shape index (κ2) is 7.11. The lowest BCUT2D eigenvalue weighted by Gasteiger charge is -2.26. The van der Waals surface area contributed by atoms with E-state index < -0.39 is 5.41 Å². The third-order valence-corrected chi connectivity index (χ3v) is 6.65. The van der Waals surface area contributed by atoms with Crippen LogP contribution in [0.2, 0.25) is 0 Å². The first-order valence-corrected chi connectivity index (χ1v) is 10.2. The van der Waals surface area contributed by atoms with E-state index in [4.69, 9.17) is 9.47 Å². The molecule has 4 atom stereocenters. The molecule has 1 saturated heterocycles. The second-order valence-corrected chi connectivity index (χ2v) is 8.24. The summed E-state index contributed by atoms with van der Waals surface area (Å²) < 4.78 is 11.3. The summed E-state index contributed by atoms with van der Waals surface area (Å²) >= 11 is 0. The van der Waals surface area contributed by atoms with Crippen molar-refractivity contribution < 1.29 is 24.2 Å². The predicted octanol–water partition coefficient (Wildman–Crippen LogP) is 1.09. The summed E-state index contributed by atoms with van der Waals surface area (Å²) in [5, 5.41) is 16.1. The smallest absolute Gasteiger partial charge is 0.254 e. The molecule has 2 fully saturated rings. The van der Waals surface area contributed by atoms with Crippen LogP contribution in [0.15, 0.2) is 42.5 Å². The average molecular weight is 408 g/mol. The average Bonchev–Trinajstić information content (AvgIpc) is 3.14. The van der Waals surface area contributed by atoms with Crippen LogP contribution in [0.4, 0.5) is 0 Å². The molecule has 7 nitrogen and oxygen atoms in total. The number of amides is 2. The van der Waals surface area contributed by atoms with Gasteiger partial charge in [-0.05, 0) is 17.7 Å². The summed E-state index contributed by atoms with van der Waals surface area (Å²) in [6, 6.07) is 13.0. The van der Waals surface area contributed by atoms with Crippen LogP contribution < -0.4 is 15.4 Å². The monoisotopic (exact) mass is 408 g/mol. The van der Waals surface area contributed by atoms with Gasteiger partial charge >= 0.3 is 0 Å². The van der Waals surface area contributed by atoms with Crippen molar-refractivity contribution in [2.24, 2.45) is 11.8 Å². The number of aliphatic hydroxyl groups excluding tert-OH is 1. The molecule has 2 amide bonds. The van der Waals surface area contributed by atoms with Crippen molar-refractivity contribution in [1.29, 1.82) is 0 Å². The molecule has 2 aromatic rings. The molecule has 0 radical (unpaired) electrons. The zero-order valence-corrected chi connectivity index (χ0v) is 16.7. The number of hydrogen-bond acceptors (Lipinski definition) is 5. The fourth-order valence-corrected chi connectivity index (χ4v) is 4.75. The van der Waals surface area contributed by atoms with Gasteiger partial charge in [-0.15, -0.1) is 0 Å². The molecule has 1 aliphatic carbocycles. The minimum atomic E-state index is -0.834. The van der Waals surface area contributed by atoms with Crippen molar-refractivity contribution in [3.8, 4) is 5.75 Å². The molecule has 3 aliphatic rings. The van der Waals surface area contributed by atoms with Gasteiger partial charge in [0.15, 0.2) is 0 Å². The van der Waals surface area contributed by atoms with Crippen LogP contribution in [0.3, 0.4) is 0 Å². The van der Waals surface area contributed by atoms with Gasteiger partial charge in [0.05, 0.1) is 30.8 Å². The summed E-state index contributed by atoms with van der Waals surface area (Å²) in [7, 11) is 1.54. The second-order valence-electron chi connectivity index (χ2n) is 8.24. The zero-order chi connectivity index (χ0) is 20.9. The van der Waals surface area contributed by atoms with Gasteiger partial charge in [0.2, 0.25) is 0 Å². The van der Waals surface area contributed by atoms with Crippen molar-refractivity contribution in [2.45, 2.75) is 11.5 Å². The molecule has 2 aliphatic heterocycles. The maximum atomic E-state index is 13.0.